The van der Waals surface area contributed by atoms with Crippen molar-refractivity contribution in [2.45, 2.75) is 12.8 Å². The van der Waals surface area contributed by atoms with Crippen LogP contribution in [0.3, 0.4) is 0 Å². The van der Waals surface area contributed by atoms with E-state index in [1.54, 1.807) is 12.1 Å². The first kappa shape index (κ1) is 13.3. The normalized spacial score (nSPS) is 9.94. The lowest BCUT2D eigenvalue weighted by Gasteiger charge is -2.05. The zero-order chi connectivity index (χ0) is 12.8. The van der Waals surface area contributed by atoms with Crippen molar-refractivity contribution >= 4 is 29.1 Å². The summed E-state index contributed by atoms with van der Waals surface area (Å²) < 4.78 is 0. The number of nitrogen functional groups attached to an aromatic ring is 1. The average molecular weight is 256 g/mol. The first-order valence-corrected chi connectivity index (χ1v) is 5.50. The molecule has 5 nitrogen and oxygen atoms in total. The van der Waals surface area contributed by atoms with E-state index in [0.29, 0.717) is 29.2 Å². The number of halogens is 1. The van der Waals surface area contributed by atoms with E-state index in [1.165, 1.54) is 6.07 Å². The fraction of sp³-hybridized carbons (Fsp3) is 0.273. The second kappa shape index (κ2) is 6.10. The van der Waals surface area contributed by atoms with E-state index in [2.05, 4.69) is 5.32 Å². The van der Waals surface area contributed by atoms with Gasteiger partial charge in [0.05, 0.1) is 10.7 Å². The Labute approximate surface area is 104 Å². The number of anilines is 1. The van der Waals surface area contributed by atoms with E-state index in [1.807, 2.05) is 0 Å². The van der Waals surface area contributed by atoms with E-state index >= 15 is 0 Å². The molecule has 92 valence electrons. The van der Waals surface area contributed by atoms with Gasteiger partial charge in [0.25, 0.3) is 5.91 Å². The van der Waals surface area contributed by atoms with Gasteiger partial charge in [-0.25, -0.2) is 0 Å². The molecule has 2 amide bonds. The third-order valence-electron chi connectivity index (χ3n) is 2.14. The van der Waals surface area contributed by atoms with Gasteiger partial charge in [0.2, 0.25) is 5.91 Å². The number of hydrogen-bond acceptors (Lipinski definition) is 3. The lowest BCUT2D eigenvalue weighted by atomic mass is 10.2. The predicted molar refractivity (Wildman–Crippen MR) is 66.6 cm³/mol. The first-order valence-electron chi connectivity index (χ1n) is 5.12. The molecule has 0 radical (unpaired) electrons. The summed E-state index contributed by atoms with van der Waals surface area (Å²) in [5.41, 5.74) is 11.3. The van der Waals surface area contributed by atoms with E-state index in [4.69, 9.17) is 23.1 Å². The monoisotopic (exact) mass is 255 g/mol. The van der Waals surface area contributed by atoms with Gasteiger partial charge >= 0.3 is 0 Å². The largest absolute Gasteiger partial charge is 0.398 e. The summed E-state index contributed by atoms with van der Waals surface area (Å²) in [6.45, 7) is 0.393. The molecule has 1 aromatic carbocycles. The van der Waals surface area contributed by atoms with Crippen molar-refractivity contribution in [2.75, 3.05) is 12.3 Å². The van der Waals surface area contributed by atoms with Crippen LogP contribution in [0.5, 0.6) is 0 Å². The number of nitrogens with one attached hydrogen (secondary N) is 1. The lowest BCUT2D eigenvalue weighted by Crippen LogP contribution is -2.25. The van der Waals surface area contributed by atoms with Crippen molar-refractivity contribution in [2.24, 2.45) is 5.73 Å². The lowest BCUT2D eigenvalue weighted by molar-refractivity contribution is -0.118. The topological polar surface area (TPSA) is 98.2 Å². The van der Waals surface area contributed by atoms with E-state index in [0.717, 1.165) is 0 Å². The molecule has 0 unspecified atom stereocenters. The number of carbonyl (C=O) groups excluding carboxylic acids is 2. The number of benzene rings is 1. The van der Waals surface area contributed by atoms with E-state index in [9.17, 15) is 9.59 Å². The Hall–Kier alpha value is -1.75. The van der Waals surface area contributed by atoms with Crippen LogP contribution in [0.1, 0.15) is 23.2 Å². The number of rotatable bonds is 5. The second-order valence-corrected chi connectivity index (χ2v) is 3.97. The van der Waals surface area contributed by atoms with Crippen LogP contribution in [0.4, 0.5) is 5.69 Å². The predicted octanol–water partition coefficient (Wildman–Crippen LogP) is 0.917. The molecule has 5 N–H and O–H groups in total. The minimum absolute atomic E-state index is 0.252. The van der Waals surface area contributed by atoms with Crippen LogP contribution in [-0.2, 0) is 4.79 Å². The molecular formula is C11H14ClN3O2. The zero-order valence-electron chi connectivity index (χ0n) is 9.20. The molecule has 0 bridgehead atoms. The average Bonchev–Trinajstić information content (AvgIpc) is 2.27. The van der Waals surface area contributed by atoms with E-state index in [-0.39, 0.29) is 18.2 Å². The fourth-order valence-electron chi connectivity index (χ4n) is 1.25. The molecule has 0 heterocycles. The third-order valence-corrected chi connectivity index (χ3v) is 2.49. The number of amides is 2. The molecule has 1 rings (SSSR count). The summed E-state index contributed by atoms with van der Waals surface area (Å²) in [4.78, 5) is 22.1. The van der Waals surface area contributed by atoms with Crippen molar-refractivity contribution in [3.05, 3.63) is 28.8 Å². The highest BCUT2D eigenvalue weighted by molar-refractivity contribution is 6.33. The first-order chi connectivity index (χ1) is 8.00. The molecular weight excluding hydrogens is 242 g/mol. The Morgan fingerprint density at radius 3 is 2.65 bits per heavy atom. The fourth-order valence-corrected chi connectivity index (χ4v) is 1.37. The summed E-state index contributed by atoms with van der Waals surface area (Å²) >= 11 is 5.74. The Balaban J connectivity index is 2.47. The van der Waals surface area contributed by atoms with Gasteiger partial charge in [-0.1, -0.05) is 11.6 Å². The molecule has 0 atom stereocenters. The van der Waals surface area contributed by atoms with Gasteiger partial charge < -0.3 is 16.8 Å². The summed E-state index contributed by atoms with van der Waals surface area (Å²) in [7, 11) is 0. The van der Waals surface area contributed by atoms with Crippen LogP contribution in [0.25, 0.3) is 0 Å². The minimum atomic E-state index is -0.380. The Bertz CT molecular complexity index is 435. The molecule has 0 aliphatic carbocycles. The van der Waals surface area contributed by atoms with Crippen molar-refractivity contribution in [3.8, 4) is 0 Å². The van der Waals surface area contributed by atoms with Crippen molar-refractivity contribution in [3.63, 3.8) is 0 Å². The molecule has 0 saturated carbocycles. The zero-order valence-corrected chi connectivity index (χ0v) is 9.96. The van der Waals surface area contributed by atoms with Gasteiger partial charge in [0.15, 0.2) is 0 Å². The van der Waals surface area contributed by atoms with Crippen molar-refractivity contribution in [1.82, 2.24) is 5.32 Å². The maximum Gasteiger partial charge on any atom is 0.251 e. The standard InChI is InChI=1S/C11H14ClN3O2/c12-8-4-3-7(6-9(8)13)11(17)15-5-1-2-10(14)16/h3-4,6H,1-2,5,13H2,(H2,14,16)(H,15,17). The number of hydrogen-bond donors (Lipinski definition) is 3. The maximum absolute atomic E-state index is 11.6. The maximum atomic E-state index is 11.6. The van der Waals surface area contributed by atoms with Crippen molar-refractivity contribution in [1.29, 1.82) is 0 Å². The molecule has 0 aromatic heterocycles. The highest BCUT2D eigenvalue weighted by Crippen LogP contribution is 2.19. The van der Waals surface area contributed by atoms with Crippen LogP contribution < -0.4 is 16.8 Å². The van der Waals surface area contributed by atoms with Crippen LogP contribution in [-0.4, -0.2) is 18.4 Å². The van der Waals surface area contributed by atoms with Gasteiger partial charge in [-0.2, -0.15) is 0 Å². The molecule has 6 heteroatoms. The highest BCUT2D eigenvalue weighted by Gasteiger charge is 2.06. The van der Waals surface area contributed by atoms with Gasteiger partial charge in [0.1, 0.15) is 0 Å². The van der Waals surface area contributed by atoms with Crippen LogP contribution in [0.15, 0.2) is 18.2 Å². The molecule has 0 aliphatic heterocycles. The van der Waals surface area contributed by atoms with Crippen molar-refractivity contribution < 1.29 is 9.59 Å². The van der Waals surface area contributed by atoms with E-state index < -0.39 is 0 Å². The van der Waals surface area contributed by atoms with Crippen LogP contribution >= 0.6 is 11.6 Å². The molecule has 1 aromatic rings. The molecule has 0 fully saturated rings. The summed E-state index contributed by atoms with van der Waals surface area (Å²) in [5.74, 6) is -0.632. The number of carbonyl (C=O) groups is 2. The SMILES string of the molecule is NC(=O)CCCNC(=O)c1ccc(Cl)c(N)c1. The molecule has 17 heavy (non-hydrogen) atoms. The Morgan fingerprint density at radius 1 is 1.35 bits per heavy atom. The summed E-state index contributed by atoms with van der Waals surface area (Å²) in [6, 6.07) is 4.66. The molecule has 0 saturated heterocycles. The van der Waals surface area contributed by atoms with Crippen LogP contribution in [0.2, 0.25) is 5.02 Å². The van der Waals surface area contributed by atoms with Gasteiger partial charge in [-0.15, -0.1) is 0 Å². The van der Waals surface area contributed by atoms with Crippen LogP contribution in [0, 0.1) is 0 Å². The highest BCUT2D eigenvalue weighted by atomic mass is 35.5. The third kappa shape index (κ3) is 4.32. The van der Waals surface area contributed by atoms with Gasteiger partial charge in [0, 0.05) is 18.5 Å². The number of nitrogens with two attached hydrogens (primary N) is 2. The molecule has 0 spiro atoms. The Morgan fingerprint density at radius 2 is 2.06 bits per heavy atom. The second-order valence-electron chi connectivity index (χ2n) is 3.56. The molecule has 0 aliphatic rings. The van der Waals surface area contributed by atoms with Gasteiger partial charge in [-0.3, -0.25) is 9.59 Å². The van der Waals surface area contributed by atoms with Gasteiger partial charge in [-0.05, 0) is 24.6 Å². The number of primary amides is 1. The summed E-state index contributed by atoms with van der Waals surface area (Å²) in [6.07, 6.45) is 0.771. The Kier molecular flexibility index (Phi) is 4.78. The minimum Gasteiger partial charge on any atom is -0.398 e. The smallest absolute Gasteiger partial charge is 0.251 e. The summed E-state index contributed by atoms with van der Waals surface area (Å²) in [5, 5.41) is 3.07. The quantitative estimate of drug-likeness (QED) is 0.539.